The topological polar surface area (TPSA) is 51.6 Å². The lowest BCUT2D eigenvalue weighted by Gasteiger charge is -1.96. The molecule has 0 spiro atoms. The molecule has 0 bridgehead atoms. The first-order valence-electron chi connectivity index (χ1n) is 10.5. The van der Waals surface area contributed by atoms with Crippen molar-refractivity contribution in [2.24, 2.45) is 0 Å². The fourth-order valence-electron chi connectivity index (χ4n) is 2.91. The second-order valence-corrected chi connectivity index (χ2v) is 6.97. The van der Waals surface area contributed by atoms with Crippen molar-refractivity contribution in [1.82, 2.24) is 19.9 Å². The van der Waals surface area contributed by atoms with Crippen LogP contribution in [0.4, 0.5) is 0 Å². The van der Waals surface area contributed by atoms with E-state index in [9.17, 15) is 0 Å². The molecule has 0 atom stereocenters. The van der Waals surface area contributed by atoms with Crippen molar-refractivity contribution < 1.29 is 0 Å². The van der Waals surface area contributed by atoms with Gasteiger partial charge >= 0.3 is 0 Å². The van der Waals surface area contributed by atoms with Crippen LogP contribution < -0.4 is 0 Å². The van der Waals surface area contributed by atoms with Crippen LogP contribution in [0.15, 0.2) is 73.8 Å². The summed E-state index contributed by atoms with van der Waals surface area (Å²) in [6.07, 6.45) is 24.2. The standard InChI is InChI=1S/C32H14N4/c1-3-25-13-17-33-21-29(25)9-11-31-23-35-19-15-27(31)7-5-6-8-28-16-20-36-24-32(28)12-10-30-22-34-18-14-26(30)4-2/h1-2,13-24H. The molecule has 0 N–H and O–H groups in total. The maximum atomic E-state index is 5.53. The van der Waals surface area contributed by atoms with Gasteiger partial charge in [0.2, 0.25) is 0 Å². The van der Waals surface area contributed by atoms with Crippen LogP contribution in [-0.4, -0.2) is 19.9 Å². The molecule has 4 rings (SSSR count). The lowest BCUT2D eigenvalue weighted by Crippen LogP contribution is -1.88. The molecule has 0 aliphatic carbocycles. The zero-order valence-electron chi connectivity index (χ0n) is 18.9. The van der Waals surface area contributed by atoms with Gasteiger partial charge in [0.15, 0.2) is 0 Å². The van der Waals surface area contributed by atoms with Gasteiger partial charge in [0.25, 0.3) is 0 Å². The van der Waals surface area contributed by atoms with E-state index in [1.54, 1.807) is 73.8 Å². The largest absolute Gasteiger partial charge is 0.263 e. The van der Waals surface area contributed by atoms with E-state index in [1.165, 1.54) is 0 Å². The molecular formula is C32H14N4. The summed E-state index contributed by atoms with van der Waals surface area (Å²) < 4.78 is 0. The Labute approximate surface area is 210 Å². The van der Waals surface area contributed by atoms with Crippen molar-refractivity contribution in [2.75, 3.05) is 0 Å². The summed E-state index contributed by atoms with van der Waals surface area (Å²) in [5, 5.41) is 0. The second-order valence-electron chi connectivity index (χ2n) is 6.97. The third-order valence-corrected chi connectivity index (χ3v) is 4.72. The zero-order chi connectivity index (χ0) is 25.0. The van der Waals surface area contributed by atoms with Crippen molar-refractivity contribution in [3.05, 3.63) is 118 Å². The van der Waals surface area contributed by atoms with E-state index in [0.29, 0.717) is 44.5 Å². The molecule has 36 heavy (non-hydrogen) atoms. The third-order valence-electron chi connectivity index (χ3n) is 4.72. The maximum Gasteiger partial charge on any atom is 0.0589 e. The van der Waals surface area contributed by atoms with E-state index in [2.05, 4.69) is 79.1 Å². The van der Waals surface area contributed by atoms with Gasteiger partial charge in [-0.05, 0) is 36.1 Å². The number of aromatic nitrogens is 4. The van der Waals surface area contributed by atoms with Crippen LogP contribution in [0.25, 0.3) is 0 Å². The predicted molar refractivity (Wildman–Crippen MR) is 139 cm³/mol. The maximum absolute atomic E-state index is 5.53. The summed E-state index contributed by atoms with van der Waals surface area (Å²) >= 11 is 0. The van der Waals surface area contributed by atoms with E-state index in [0.717, 1.165) is 0 Å². The Kier molecular flexibility index (Phi) is 7.53. The van der Waals surface area contributed by atoms with Gasteiger partial charge in [-0.25, -0.2) is 0 Å². The van der Waals surface area contributed by atoms with Gasteiger partial charge in [-0.1, -0.05) is 47.4 Å². The van der Waals surface area contributed by atoms with E-state index in [1.807, 2.05) is 0 Å². The highest BCUT2D eigenvalue weighted by Crippen LogP contribution is 2.08. The molecule has 162 valence electrons. The molecule has 4 nitrogen and oxygen atoms in total. The number of pyridine rings is 4. The van der Waals surface area contributed by atoms with E-state index >= 15 is 0 Å². The van der Waals surface area contributed by atoms with Crippen LogP contribution in [0.2, 0.25) is 0 Å². The Morgan fingerprint density at radius 1 is 0.389 bits per heavy atom. The summed E-state index contributed by atoms with van der Waals surface area (Å²) in [5.41, 5.74) is 5.40. The lowest BCUT2D eigenvalue weighted by molar-refractivity contribution is 1.29. The van der Waals surface area contributed by atoms with Crippen LogP contribution in [-0.2, 0) is 0 Å². The molecule has 0 unspecified atom stereocenters. The highest BCUT2D eigenvalue weighted by Gasteiger charge is 1.99. The van der Waals surface area contributed by atoms with Gasteiger partial charge in [-0.15, -0.1) is 12.8 Å². The molecule has 0 saturated carbocycles. The van der Waals surface area contributed by atoms with E-state index < -0.39 is 0 Å². The fourth-order valence-corrected chi connectivity index (χ4v) is 2.91. The van der Waals surface area contributed by atoms with Crippen LogP contribution in [0.5, 0.6) is 0 Å². The fraction of sp³-hybridized carbons (Fsp3) is 0. The van der Waals surface area contributed by atoms with Gasteiger partial charge in [0.05, 0.1) is 22.3 Å². The summed E-state index contributed by atoms with van der Waals surface area (Å²) in [7, 11) is 0. The van der Waals surface area contributed by atoms with Crippen molar-refractivity contribution in [2.45, 2.75) is 0 Å². The minimum absolute atomic E-state index is 0.662. The SMILES string of the molecule is C#Cc1ccncc1C#Cc1cnccc1C#CC#Cc1ccncc1C#Cc1cnccc1C#C. The number of rotatable bonds is 0. The molecule has 0 fully saturated rings. The summed E-state index contributed by atoms with van der Waals surface area (Å²) in [5.74, 6) is 29.2. The van der Waals surface area contributed by atoms with Gasteiger partial charge < -0.3 is 0 Å². The molecule has 0 saturated heterocycles. The minimum Gasteiger partial charge on any atom is -0.263 e. The highest BCUT2D eigenvalue weighted by molar-refractivity contribution is 5.57. The molecule has 0 aliphatic rings. The van der Waals surface area contributed by atoms with Crippen LogP contribution >= 0.6 is 0 Å². The molecule has 4 aromatic heterocycles. The van der Waals surface area contributed by atoms with Crippen molar-refractivity contribution in [1.29, 1.82) is 0 Å². The van der Waals surface area contributed by atoms with Crippen LogP contribution in [0.1, 0.15) is 44.5 Å². The summed E-state index contributed by atoms with van der Waals surface area (Å²) in [6.45, 7) is 0. The normalized spacial score (nSPS) is 8.72. The third kappa shape index (κ3) is 5.85. The Hall–Kier alpha value is -6.04. The molecular weight excluding hydrogens is 440 g/mol. The lowest BCUT2D eigenvalue weighted by atomic mass is 10.1. The van der Waals surface area contributed by atoms with Gasteiger partial charge in [-0.2, -0.15) is 0 Å². The number of hydrogen-bond donors (Lipinski definition) is 0. The second kappa shape index (κ2) is 11.7. The minimum atomic E-state index is 0.662. The molecule has 0 amide bonds. The van der Waals surface area contributed by atoms with Crippen molar-refractivity contribution >= 4 is 0 Å². The van der Waals surface area contributed by atoms with Gasteiger partial charge in [0.1, 0.15) is 0 Å². The Balaban J connectivity index is 1.60. The zero-order valence-corrected chi connectivity index (χ0v) is 18.9. The Morgan fingerprint density at radius 2 is 0.694 bits per heavy atom. The first-order valence-corrected chi connectivity index (χ1v) is 10.5. The average Bonchev–Trinajstić information content (AvgIpc) is 2.94. The smallest absolute Gasteiger partial charge is 0.0589 e. The molecule has 0 aliphatic heterocycles. The molecule has 4 aromatic rings. The van der Waals surface area contributed by atoms with Crippen LogP contribution in [0.3, 0.4) is 0 Å². The summed E-state index contributed by atoms with van der Waals surface area (Å²) in [4.78, 5) is 16.4. The number of hydrogen-bond acceptors (Lipinski definition) is 4. The van der Waals surface area contributed by atoms with Gasteiger partial charge in [-0.3, -0.25) is 19.9 Å². The number of terminal acetylenes is 2. The molecule has 0 radical (unpaired) electrons. The predicted octanol–water partition coefficient (Wildman–Crippen LogP) is 3.43. The van der Waals surface area contributed by atoms with Crippen molar-refractivity contribution in [3.63, 3.8) is 0 Å². The Morgan fingerprint density at radius 3 is 1.03 bits per heavy atom. The van der Waals surface area contributed by atoms with Crippen molar-refractivity contribution in [3.8, 4) is 72.1 Å². The van der Waals surface area contributed by atoms with Crippen LogP contribution in [0, 0.1) is 72.1 Å². The van der Waals surface area contributed by atoms with E-state index in [4.69, 9.17) is 12.8 Å². The number of nitrogens with zero attached hydrogens (tertiary/aromatic N) is 4. The van der Waals surface area contributed by atoms with Gasteiger partial charge in [0, 0.05) is 71.8 Å². The summed E-state index contributed by atoms with van der Waals surface area (Å²) in [6, 6.07) is 7.05. The molecule has 4 heterocycles. The highest BCUT2D eigenvalue weighted by atomic mass is 14.6. The Bertz CT molecular complexity index is 1650. The average molecular weight is 454 g/mol. The van der Waals surface area contributed by atoms with E-state index in [-0.39, 0.29) is 0 Å². The monoisotopic (exact) mass is 454 g/mol. The first kappa shape index (κ1) is 23.1. The first-order chi connectivity index (χ1) is 17.8. The molecule has 0 aromatic carbocycles. The molecule has 4 heteroatoms. The quantitative estimate of drug-likeness (QED) is 0.382.